The number of benzene rings is 1. The zero-order valence-corrected chi connectivity index (χ0v) is 14.8. The summed E-state index contributed by atoms with van der Waals surface area (Å²) in [5.74, 6) is 0.585. The molecule has 1 amide bonds. The fraction of sp³-hybridized carbons (Fsp3) is 0.421. The molecule has 136 valence electrons. The predicted octanol–water partition coefficient (Wildman–Crippen LogP) is 3.12. The fourth-order valence-electron chi connectivity index (χ4n) is 3.70. The van der Waals surface area contributed by atoms with Crippen molar-refractivity contribution in [3.63, 3.8) is 0 Å². The van der Waals surface area contributed by atoms with E-state index < -0.39 is 0 Å². The number of rotatable bonds is 4. The van der Waals surface area contributed by atoms with Crippen molar-refractivity contribution >= 4 is 16.9 Å². The predicted molar refractivity (Wildman–Crippen MR) is 95.9 cm³/mol. The highest BCUT2D eigenvalue weighted by atomic mass is 19.1. The van der Waals surface area contributed by atoms with Crippen LogP contribution in [-0.2, 0) is 18.3 Å². The average Bonchev–Trinajstić information content (AvgIpc) is 3.25. The Morgan fingerprint density at radius 2 is 2.23 bits per heavy atom. The molecule has 4 rings (SSSR count). The van der Waals surface area contributed by atoms with Crippen LogP contribution in [-0.4, -0.2) is 37.1 Å². The number of aromatic nitrogens is 4. The molecule has 1 aromatic carbocycles. The monoisotopic (exact) mass is 355 g/mol. The number of nitrogens with one attached hydrogen (secondary N) is 1. The molecule has 0 spiro atoms. The summed E-state index contributed by atoms with van der Waals surface area (Å²) < 4.78 is 15.2. The number of H-pyrrole nitrogens is 1. The molecule has 1 atom stereocenters. The molecule has 6 nitrogen and oxygen atoms in total. The minimum Gasteiger partial charge on any atom is -0.340 e. The van der Waals surface area contributed by atoms with E-state index in [0.717, 1.165) is 42.8 Å². The highest BCUT2D eigenvalue weighted by molar-refractivity contribution is 5.78. The number of hydrogen-bond donors (Lipinski definition) is 1. The van der Waals surface area contributed by atoms with E-state index >= 15 is 0 Å². The van der Waals surface area contributed by atoms with Gasteiger partial charge in [0.2, 0.25) is 5.91 Å². The Labute approximate surface area is 151 Å². The summed E-state index contributed by atoms with van der Waals surface area (Å²) in [6.45, 7) is 0.736. The largest absolute Gasteiger partial charge is 0.340 e. The summed E-state index contributed by atoms with van der Waals surface area (Å²) in [6, 6.07) is 6.39. The van der Waals surface area contributed by atoms with Crippen molar-refractivity contribution in [2.75, 3.05) is 6.54 Å². The Balaban J connectivity index is 1.53. The lowest BCUT2D eigenvalue weighted by atomic mass is 10.0. The van der Waals surface area contributed by atoms with Crippen LogP contribution in [0.25, 0.3) is 11.0 Å². The van der Waals surface area contributed by atoms with E-state index in [1.54, 1.807) is 16.9 Å². The molecular formula is C19H22FN5O. The van der Waals surface area contributed by atoms with Gasteiger partial charge in [-0.15, -0.1) is 0 Å². The second-order valence-electron chi connectivity index (χ2n) is 6.83. The Hall–Kier alpha value is -2.70. The van der Waals surface area contributed by atoms with Gasteiger partial charge in [-0.25, -0.2) is 9.37 Å². The lowest BCUT2D eigenvalue weighted by molar-refractivity contribution is -0.135. The Kier molecular flexibility index (Phi) is 4.44. The van der Waals surface area contributed by atoms with Crippen molar-refractivity contribution in [2.24, 2.45) is 7.05 Å². The lowest BCUT2D eigenvalue weighted by Gasteiger charge is -2.34. The molecule has 3 heterocycles. The van der Waals surface area contributed by atoms with Crippen LogP contribution in [0.5, 0.6) is 0 Å². The molecule has 7 heteroatoms. The number of fused-ring (bicyclic) bond motifs is 1. The second kappa shape index (κ2) is 6.90. The topological polar surface area (TPSA) is 66.8 Å². The number of carbonyl (C=O) groups excluding carboxylic acids is 1. The first-order valence-electron chi connectivity index (χ1n) is 9.03. The number of aromatic amines is 1. The van der Waals surface area contributed by atoms with Gasteiger partial charge in [-0.3, -0.25) is 9.48 Å². The first-order valence-corrected chi connectivity index (χ1v) is 9.03. The number of imidazole rings is 1. The third kappa shape index (κ3) is 3.21. The van der Waals surface area contributed by atoms with Crippen LogP contribution in [0.3, 0.4) is 0 Å². The molecule has 0 bridgehead atoms. The van der Waals surface area contributed by atoms with E-state index in [1.165, 1.54) is 12.1 Å². The Bertz CT molecular complexity index is 931. The summed E-state index contributed by atoms with van der Waals surface area (Å²) in [6.07, 6.45) is 5.80. The Morgan fingerprint density at radius 3 is 3.04 bits per heavy atom. The van der Waals surface area contributed by atoms with E-state index in [2.05, 4.69) is 15.1 Å². The third-order valence-electron chi connectivity index (χ3n) is 5.12. The van der Waals surface area contributed by atoms with Crippen LogP contribution in [0.1, 0.15) is 43.2 Å². The maximum atomic E-state index is 13.4. The van der Waals surface area contributed by atoms with E-state index in [0.29, 0.717) is 18.4 Å². The highest BCUT2D eigenvalue weighted by Crippen LogP contribution is 2.31. The van der Waals surface area contributed by atoms with Gasteiger partial charge < -0.3 is 9.88 Å². The molecule has 0 aliphatic carbocycles. The average molecular weight is 355 g/mol. The van der Waals surface area contributed by atoms with Crippen LogP contribution >= 0.6 is 0 Å². The van der Waals surface area contributed by atoms with Gasteiger partial charge in [0.25, 0.3) is 0 Å². The zero-order chi connectivity index (χ0) is 18.1. The first-order chi connectivity index (χ1) is 12.6. The van der Waals surface area contributed by atoms with E-state index in [1.807, 2.05) is 18.0 Å². The minimum atomic E-state index is -0.291. The molecule has 1 N–H and O–H groups in total. The number of aryl methyl sites for hydroxylation is 2. The molecule has 26 heavy (non-hydrogen) atoms. The lowest BCUT2D eigenvalue weighted by Crippen LogP contribution is -2.39. The maximum absolute atomic E-state index is 13.4. The molecule has 0 unspecified atom stereocenters. The number of carbonyl (C=O) groups is 1. The quantitative estimate of drug-likeness (QED) is 0.782. The van der Waals surface area contributed by atoms with Crippen molar-refractivity contribution in [3.05, 3.63) is 47.8 Å². The number of nitrogens with zero attached hydrogens (tertiary/aromatic N) is 4. The standard InChI is InChI=1S/C19H22FN5O/c1-24-14(9-10-21-24)6-8-18(26)25-11-3-2-4-17(25)19-22-15-7-5-13(20)12-16(15)23-19/h5,7,9-10,12,17H,2-4,6,8,11H2,1H3,(H,22,23)/t17-/m1/s1. The van der Waals surface area contributed by atoms with Crippen LogP contribution < -0.4 is 0 Å². The van der Waals surface area contributed by atoms with Crippen molar-refractivity contribution in [1.29, 1.82) is 0 Å². The summed E-state index contributed by atoms with van der Waals surface area (Å²) in [5.41, 5.74) is 2.45. The van der Waals surface area contributed by atoms with Crippen LogP contribution in [0.2, 0.25) is 0 Å². The SMILES string of the molecule is Cn1nccc1CCC(=O)N1CCCC[C@@H]1c1nc2ccc(F)cc2[nH]1. The van der Waals surface area contributed by atoms with Gasteiger partial charge in [0.05, 0.1) is 17.1 Å². The van der Waals surface area contributed by atoms with Crippen molar-refractivity contribution in [2.45, 2.75) is 38.1 Å². The Morgan fingerprint density at radius 1 is 1.35 bits per heavy atom. The van der Waals surface area contributed by atoms with Crippen molar-refractivity contribution in [1.82, 2.24) is 24.6 Å². The summed E-state index contributed by atoms with van der Waals surface area (Å²) >= 11 is 0. The van der Waals surface area contributed by atoms with Gasteiger partial charge in [-0.05, 0) is 49.9 Å². The molecule has 1 aliphatic rings. The van der Waals surface area contributed by atoms with Crippen molar-refractivity contribution < 1.29 is 9.18 Å². The summed E-state index contributed by atoms with van der Waals surface area (Å²) in [5, 5.41) is 4.15. The highest BCUT2D eigenvalue weighted by Gasteiger charge is 2.30. The number of amides is 1. The number of halogens is 1. The number of hydrogen-bond acceptors (Lipinski definition) is 3. The van der Waals surface area contributed by atoms with Crippen LogP contribution in [0.4, 0.5) is 4.39 Å². The second-order valence-corrected chi connectivity index (χ2v) is 6.83. The van der Waals surface area contributed by atoms with Gasteiger partial charge >= 0.3 is 0 Å². The smallest absolute Gasteiger partial charge is 0.223 e. The molecule has 2 aromatic heterocycles. The van der Waals surface area contributed by atoms with E-state index in [4.69, 9.17) is 0 Å². The minimum absolute atomic E-state index is 0.0711. The molecular weight excluding hydrogens is 333 g/mol. The number of likely N-dealkylation sites (tertiary alicyclic amines) is 1. The fourth-order valence-corrected chi connectivity index (χ4v) is 3.70. The first kappa shape index (κ1) is 16.8. The van der Waals surface area contributed by atoms with Gasteiger partial charge in [0.15, 0.2) is 0 Å². The summed E-state index contributed by atoms with van der Waals surface area (Å²) in [7, 11) is 1.89. The maximum Gasteiger partial charge on any atom is 0.223 e. The molecule has 0 radical (unpaired) electrons. The van der Waals surface area contributed by atoms with Gasteiger partial charge in [-0.1, -0.05) is 0 Å². The van der Waals surface area contributed by atoms with Gasteiger partial charge in [0.1, 0.15) is 11.6 Å². The molecule has 3 aromatic rings. The van der Waals surface area contributed by atoms with Crippen LogP contribution in [0, 0.1) is 5.82 Å². The normalized spacial score (nSPS) is 17.8. The zero-order valence-electron chi connectivity index (χ0n) is 14.8. The van der Waals surface area contributed by atoms with Crippen LogP contribution in [0.15, 0.2) is 30.5 Å². The van der Waals surface area contributed by atoms with Crippen molar-refractivity contribution in [3.8, 4) is 0 Å². The molecule has 0 saturated carbocycles. The molecule has 1 saturated heterocycles. The van der Waals surface area contributed by atoms with E-state index in [-0.39, 0.29) is 17.8 Å². The van der Waals surface area contributed by atoms with E-state index in [9.17, 15) is 9.18 Å². The third-order valence-corrected chi connectivity index (χ3v) is 5.12. The molecule has 1 fully saturated rings. The summed E-state index contributed by atoms with van der Waals surface area (Å²) in [4.78, 5) is 22.6. The van der Waals surface area contributed by atoms with Gasteiger partial charge in [-0.2, -0.15) is 5.10 Å². The number of piperidine rings is 1. The van der Waals surface area contributed by atoms with Gasteiger partial charge in [0, 0.05) is 31.9 Å². The molecule has 1 aliphatic heterocycles.